The second-order valence-corrected chi connectivity index (χ2v) is 3.48. The van der Waals surface area contributed by atoms with E-state index in [1.54, 1.807) is 6.20 Å². The first-order chi connectivity index (χ1) is 6.84. The van der Waals surface area contributed by atoms with Crippen molar-refractivity contribution in [3.05, 3.63) is 47.2 Å². The van der Waals surface area contributed by atoms with E-state index in [4.69, 9.17) is 11.6 Å². The van der Waals surface area contributed by atoms with Gasteiger partial charge < -0.3 is 0 Å². The van der Waals surface area contributed by atoms with Crippen LogP contribution in [0, 0.1) is 0 Å². The van der Waals surface area contributed by atoms with Gasteiger partial charge >= 0.3 is 0 Å². The largest absolute Gasteiger partial charge is 0.252 e. The van der Waals surface area contributed by atoms with Crippen molar-refractivity contribution in [2.45, 2.75) is 13.0 Å². The number of aromatic nitrogens is 3. The van der Waals surface area contributed by atoms with Crippen molar-refractivity contribution in [2.75, 3.05) is 0 Å². The summed E-state index contributed by atoms with van der Waals surface area (Å²) < 4.78 is 1.81. The third-order valence-corrected chi connectivity index (χ3v) is 2.27. The van der Waals surface area contributed by atoms with Gasteiger partial charge in [-0.15, -0.1) is 5.10 Å². The van der Waals surface area contributed by atoms with Crippen LogP contribution in [-0.2, 0) is 13.0 Å². The summed E-state index contributed by atoms with van der Waals surface area (Å²) in [6.07, 6.45) is 4.48. The summed E-state index contributed by atoms with van der Waals surface area (Å²) in [7, 11) is 0. The summed E-state index contributed by atoms with van der Waals surface area (Å²) >= 11 is 5.78. The van der Waals surface area contributed by atoms with Crippen LogP contribution in [0.1, 0.15) is 5.56 Å². The molecule has 3 nitrogen and oxygen atoms in total. The predicted octanol–water partition coefficient (Wildman–Crippen LogP) is 2.17. The zero-order chi connectivity index (χ0) is 9.80. The molecular weight excluding hydrogens is 198 g/mol. The lowest BCUT2D eigenvalue weighted by molar-refractivity contribution is 0.589. The molecule has 0 unspecified atom stereocenters. The lowest BCUT2D eigenvalue weighted by atomic mass is 10.1. The maximum Gasteiger partial charge on any atom is 0.0692 e. The van der Waals surface area contributed by atoms with Gasteiger partial charge in [-0.05, 0) is 24.1 Å². The summed E-state index contributed by atoms with van der Waals surface area (Å²) in [5.74, 6) is 0. The summed E-state index contributed by atoms with van der Waals surface area (Å²) in [6, 6.07) is 7.86. The first kappa shape index (κ1) is 9.21. The van der Waals surface area contributed by atoms with Crippen molar-refractivity contribution >= 4 is 11.6 Å². The molecule has 72 valence electrons. The topological polar surface area (TPSA) is 30.7 Å². The SMILES string of the molecule is Clc1ccc(CCn2ccnn2)cc1. The molecule has 1 aromatic heterocycles. The van der Waals surface area contributed by atoms with Crippen molar-refractivity contribution in [1.82, 2.24) is 15.0 Å². The molecule has 0 aliphatic heterocycles. The number of benzene rings is 1. The van der Waals surface area contributed by atoms with Crippen molar-refractivity contribution in [3.8, 4) is 0 Å². The molecule has 1 aromatic carbocycles. The van der Waals surface area contributed by atoms with Gasteiger partial charge in [-0.25, -0.2) is 0 Å². The van der Waals surface area contributed by atoms with Gasteiger partial charge in [-0.1, -0.05) is 28.9 Å². The van der Waals surface area contributed by atoms with Crippen LogP contribution in [0.15, 0.2) is 36.7 Å². The fourth-order valence-corrected chi connectivity index (χ4v) is 1.37. The second kappa shape index (κ2) is 4.24. The van der Waals surface area contributed by atoms with Crippen LogP contribution in [0.2, 0.25) is 5.02 Å². The molecule has 0 saturated heterocycles. The molecule has 0 amide bonds. The van der Waals surface area contributed by atoms with Gasteiger partial charge in [0.25, 0.3) is 0 Å². The van der Waals surface area contributed by atoms with Crippen LogP contribution in [-0.4, -0.2) is 15.0 Å². The first-order valence-electron chi connectivity index (χ1n) is 4.43. The quantitative estimate of drug-likeness (QED) is 0.773. The van der Waals surface area contributed by atoms with E-state index in [-0.39, 0.29) is 0 Å². The number of aryl methyl sites for hydroxylation is 2. The smallest absolute Gasteiger partial charge is 0.0692 e. The standard InChI is InChI=1S/C10H10ClN3/c11-10-3-1-9(2-4-10)5-7-14-8-6-12-13-14/h1-4,6,8H,5,7H2. The van der Waals surface area contributed by atoms with Gasteiger partial charge in [0.05, 0.1) is 6.20 Å². The van der Waals surface area contributed by atoms with Gasteiger partial charge in [-0.2, -0.15) is 0 Å². The minimum atomic E-state index is 0.773. The fourth-order valence-electron chi connectivity index (χ4n) is 1.25. The molecule has 0 saturated carbocycles. The predicted molar refractivity (Wildman–Crippen MR) is 55.2 cm³/mol. The Balaban J connectivity index is 1.95. The molecule has 1 heterocycles. The zero-order valence-corrected chi connectivity index (χ0v) is 8.35. The van der Waals surface area contributed by atoms with Crippen LogP contribution in [0.3, 0.4) is 0 Å². The zero-order valence-electron chi connectivity index (χ0n) is 7.60. The van der Waals surface area contributed by atoms with E-state index in [9.17, 15) is 0 Å². The number of halogens is 1. The normalized spacial score (nSPS) is 10.4. The van der Waals surface area contributed by atoms with Crippen molar-refractivity contribution in [1.29, 1.82) is 0 Å². The maximum absolute atomic E-state index is 5.78. The van der Waals surface area contributed by atoms with Gasteiger partial charge in [0, 0.05) is 17.8 Å². The molecule has 0 radical (unpaired) electrons. The third-order valence-electron chi connectivity index (χ3n) is 2.01. The van der Waals surface area contributed by atoms with Crippen LogP contribution in [0.4, 0.5) is 0 Å². The van der Waals surface area contributed by atoms with E-state index in [1.165, 1.54) is 5.56 Å². The lowest BCUT2D eigenvalue weighted by Crippen LogP contribution is -2.01. The highest BCUT2D eigenvalue weighted by Gasteiger charge is 1.95. The van der Waals surface area contributed by atoms with Crippen molar-refractivity contribution in [2.24, 2.45) is 0 Å². The Morgan fingerprint density at radius 2 is 2.00 bits per heavy atom. The van der Waals surface area contributed by atoms with Gasteiger partial charge in [-0.3, -0.25) is 4.68 Å². The lowest BCUT2D eigenvalue weighted by Gasteiger charge is -2.00. The van der Waals surface area contributed by atoms with Gasteiger partial charge in [0.15, 0.2) is 0 Å². The molecule has 0 spiro atoms. The van der Waals surface area contributed by atoms with E-state index in [0.717, 1.165) is 18.0 Å². The molecule has 0 bridgehead atoms. The Morgan fingerprint density at radius 1 is 1.21 bits per heavy atom. The minimum Gasteiger partial charge on any atom is -0.252 e. The number of hydrogen-bond acceptors (Lipinski definition) is 2. The van der Waals surface area contributed by atoms with Crippen LogP contribution < -0.4 is 0 Å². The average Bonchev–Trinajstić information content (AvgIpc) is 2.70. The Morgan fingerprint density at radius 3 is 2.64 bits per heavy atom. The minimum absolute atomic E-state index is 0.773. The molecule has 2 rings (SSSR count). The summed E-state index contributed by atoms with van der Waals surface area (Å²) in [6.45, 7) is 0.849. The van der Waals surface area contributed by atoms with E-state index in [1.807, 2.05) is 35.1 Å². The monoisotopic (exact) mass is 207 g/mol. The van der Waals surface area contributed by atoms with Crippen molar-refractivity contribution < 1.29 is 0 Å². The summed E-state index contributed by atoms with van der Waals surface area (Å²) in [5.41, 5.74) is 1.25. The van der Waals surface area contributed by atoms with Gasteiger partial charge in [0.1, 0.15) is 0 Å². The van der Waals surface area contributed by atoms with E-state index < -0.39 is 0 Å². The number of rotatable bonds is 3. The van der Waals surface area contributed by atoms with E-state index in [0.29, 0.717) is 0 Å². The average molecular weight is 208 g/mol. The summed E-state index contributed by atoms with van der Waals surface area (Å²) in [4.78, 5) is 0. The third kappa shape index (κ3) is 2.33. The molecular formula is C10H10ClN3. The maximum atomic E-state index is 5.78. The molecule has 14 heavy (non-hydrogen) atoms. The molecule has 0 aliphatic rings. The number of nitrogens with zero attached hydrogens (tertiary/aromatic N) is 3. The highest BCUT2D eigenvalue weighted by atomic mass is 35.5. The highest BCUT2D eigenvalue weighted by molar-refractivity contribution is 6.30. The van der Waals surface area contributed by atoms with Crippen LogP contribution in [0.25, 0.3) is 0 Å². The van der Waals surface area contributed by atoms with Crippen LogP contribution >= 0.6 is 11.6 Å². The Kier molecular flexibility index (Phi) is 2.79. The molecule has 4 heteroatoms. The van der Waals surface area contributed by atoms with E-state index >= 15 is 0 Å². The van der Waals surface area contributed by atoms with Crippen molar-refractivity contribution in [3.63, 3.8) is 0 Å². The molecule has 0 N–H and O–H groups in total. The first-order valence-corrected chi connectivity index (χ1v) is 4.81. The molecule has 2 aromatic rings. The molecule has 0 fully saturated rings. The Labute approximate surface area is 87.3 Å². The molecule has 0 atom stereocenters. The van der Waals surface area contributed by atoms with Crippen LogP contribution in [0.5, 0.6) is 0 Å². The molecule has 0 aliphatic carbocycles. The van der Waals surface area contributed by atoms with Gasteiger partial charge in [0.2, 0.25) is 0 Å². The Hall–Kier alpha value is -1.35. The second-order valence-electron chi connectivity index (χ2n) is 3.04. The summed E-state index contributed by atoms with van der Waals surface area (Å²) in [5, 5.41) is 8.40. The highest BCUT2D eigenvalue weighted by Crippen LogP contribution is 2.10. The number of hydrogen-bond donors (Lipinski definition) is 0. The Bertz CT molecular complexity index is 380. The van der Waals surface area contributed by atoms with E-state index in [2.05, 4.69) is 10.3 Å². The fraction of sp³-hybridized carbons (Fsp3) is 0.200.